The van der Waals surface area contributed by atoms with Crippen LogP contribution < -0.4 is 4.74 Å². The van der Waals surface area contributed by atoms with Crippen LogP contribution in [0.15, 0.2) is 42.0 Å². The highest BCUT2D eigenvalue weighted by atomic mass is 16.5. The first kappa shape index (κ1) is 15.6. The van der Waals surface area contributed by atoms with E-state index in [1.54, 1.807) is 6.07 Å². The average molecular weight is 295 g/mol. The highest BCUT2D eigenvalue weighted by Crippen LogP contribution is 2.30. The Balaban J connectivity index is 2.57. The molecule has 22 heavy (non-hydrogen) atoms. The number of hydrogen-bond donors (Lipinski definition) is 1. The minimum atomic E-state index is -1.24. The number of carboxylic acids is 1. The molecule has 1 N–H and O–H groups in total. The van der Waals surface area contributed by atoms with Gasteiger partial charge in [0, 0.05) is 5.56 Å². The Morgan fingerprint density at radius 3 is 2.77 bits per heavy atom. The molecule has 0 atom stereocenters. The van der Waals surface area contributed by atoms with Crippen LogP contribution in [0.4, 0.5) is 0 Å². The van der Waals surface area contributed by atoms with Crippen LogP contribution in [-0.2, 0) is 4.79 Å². The number of nitriles is 1. The number of hydrogen-bond acceptors (Lipinski definition) is 3. The third-order valence-electron chi connectivity index (χ3n) is 3.33. The fourth-order valence-electron chi connectivity index (χ4n) is 2.16. The topological polar surface area (TPSA) is 70.3 Å². The van der Waals surface area contributed by atoms with Crippen LogP contribution in [-0.4, -0.2) is 17.7 Å². The van der Waals surface area contributed by atoms with Gasteiger partial charge in [-0.1, -0.05) is 43.7 Å². The molecule has 2 aromatic carbocycles. The number of rotatable bonds is 6. The zero-order chi connectivity index (χ0) is 15.9. The summed E-state index contributed by atoms with van der Waals surface area (Å²) in [6.45, 7) is 2.63. The predicted molar refractivity (Wildman–Crippen MR) is 85.6 cm³/mol. The first-order valence-electron chi connectivity index (χ1n) is 7.17. The fourth-order valence-corrected chi connectivity index (χ4v) is 2.16. The van der Waals surface area contributed by atoms with Crippen LogP contribution in [0.2, 0.25) is 0 Å². The van der Waals surface area contributed by atoms with E-state index >= 15 is 0 Å². The van der Waals surface area contributed by atoms with E-state index in [4.69, 9.17) is 15.1 Å². The lowest BCUT2D eigenvalue weighted by Gasteiger charge is -2.12. The van der Waals surface area contributed by atoms with Crippen molar-refractivity contribution >= 4 is 22.8 Å². The summed E-state index contributed by atoms with van der Waals surface area (Å²) in [4.78, 5) is 11.1. The zero-order valence-corrected chi connectivity index (χ0v) is 12.4. The standard InChI is InChI=1S/C18H17NO3/c1-2-3-10-22-17-9-8-13-6-4-5-7-15(13)16(17)11-14(12-19)18(20)21/h4-9,11H,2-3,10H2,1H3,(H,20,21). The summed E-state index contributed by atoms with van der Waals surface area (Å²) >= 11 is 0. The van der Waals surface area contributed by atoms with Gasteiger partial charge in [0.25, 0.3) is 0 Å². The van der Waals surface area contributed by atoms with E-state index in [1.807, 2.05) is 36.4 Å². The molecule has 0 unspecified atom stereocenters. The number of nitrogens with zero attached hydrogens (tertiary/aromatic N) is 1. The lowest BCUT2D eigenvalue weighted by molar-refractivity contribution is -0.132. The number of carbonyl (C=O) groups is 1. The molecule has 2 aromatic rings. The average Bonchev–Trinajstić information content (AvgIpc) is 2.53. The van der Waals surface area contributed by atoms with Crippen molar-refractivity contribution < 1.29 is 14.6 Å². The Labute approximate surface area is 129 Å². The van der Waals surface area contributed by atoms with Crippen LogP contribution in [0.1, 0.15) is 25.3 Å². The van der Waals surface area contributed by atoms with Crippen LogP contribution in [0.25, 0.3) is 16.8 Å². The van der Waals surface area contributed by atoms with Gasteiger partial charge in [-0.2, -0.15) is 5.26 Å². The molecular weight excluding hydrogens is 278 g/mol. The molecule has 0 spiro atoms. The monoisotopic (exact) mass is 295 g/mol. The molecule has 0 aliphatic carbocycles. The second-order valence-corrected chi connectivity index (χ2v) is 4.88. The SMILES string of the molecule is CCCCOc1ccc2ccccc2c1C=C(C#N)C(=O)O. The first-order valence-corrected chi connectivity index (χ1v) is 7.17. The maximum Gasteiger partial charge on any atom is 0.346 e. The lowest BCUT2D eigenvalue weighted by Crippen LogP contribution is -2.01. The summed E-state index contributed by atoms with van der Waals surface area (Å²) in [7, 11) is 0. The Bertz CT molecular complexity index is 757. The number of ether oxygens (including phenoxy) is 1. The van der Waals surface area contributed by atoms with E-state index in [2.05, 4.69) is 6.92 Å². The Morgan fingerprint density at radius 1 is 1.32 bits per heavy atom. The van der Waals surface area contributed by atoms with Crippen LogP contribution in [0.5, 0.6) is 5.75 Å². The van der Waals surface area contributed by atoms with E-state index in [9.17, 15) is 4.79 Å². The van der Waals surface area contributed by atoms with Gasteiger partial charge in [-0.25, -0.2) is 4.79 Å². The van der Waals surface area contributed by atoms with Gasteiger partial charge in [0.15, 0.2) is 0 Å². The van der Waals surface area contributed by atoms with Crippen molar-refractivity contribution in [1.29, 1.82) is 5.26 Å². The van der Waals surface area contributed by atoms with Gasteiger partial charge >= 0.3 is 5.97 Å². The fraction of sp³-hybridized carbons (Fsp3) is 0.222. The van der Waals surface area contributed by atoms with E-state index in [0.717, 1.165) is 23.6 Å². The van der Waals surface area contributed by atoms with Crippen molar-refractivity contribution in [1.82, 2.24) is 0 Å². The quantitative estimate of drug-likeness (QED) is 0.496. The molecule has 2 rings (SSSR count). The molecule has 0 aromatic heterocycles. The number of fused-ring (bicyclic) bond motifs is 1. The smallest absolute Gasteiger partial charge is 0.346 e. The van der Waals surface area contributed by atoms with Crippen molar-refractivity contribution in [3.63, 3.8) is 0 Å². The maximum atomic E-state index is 11.1. The molecule has 0 radical (unpaired) electrons. The first-order chi connectivity index (χ1) is 10.7. The van der Waals surface area contributed by atoms with Crippen molar-refractivity contribution in [2.24, 2.45) is 0 Å². The predicted octanol–water partition coefficient (Wildman–Crippen LogP) is 4.01. The van der Waals surface area contributed by atoms with Crippen molar-refractivity contribution in [2.45, 2.75) is 19.8 Å². The van der Waals surface area contributed by atoms with Crippen molar-refractivity contribution in [2.75, 3.05) is 6.61 Å². The number of unbranched alkanes of at least 4 members (excludes halogenated alkanes) is 1. The molecule has 4 heteroatoms. The minimum absolute atomic E-state index is 0.309. The van der Waals surface area contributed by atoms with E-state index in [0.29, 0.717) is 17.9 Å². The molecule has 0 aliphatic rings. The lowest BCUT2D eigenvalue weighted by atomic mass is 10.0. The van der Waals surface area contributed by atoms with Gasteiger partial charge in [0.2, 0.25) is 0 Å². The normalized spacial score (nSPS) is 11.2. The molecule has 0 aliphatic heterocycles. The molecule has 0 bridgehead atoms. The second-order valence-electron chi connectivity index (χ2n) is 4.88. The van der Waals surface area contributed by atoms with Gasteiger partial charge in [-0.3, -0.25) is 0 Å². The summed E-state index contributed by atoms with van der Waals surface area (Å²) < 4.78 is 5.76. The van der Waals surface area contributed by atoms with Gasteiger partial charge < -0.3 is 9.84 Å². The number of benzene rings is 2. The largest absolute Gasteiger partial charge is 0.493 e. The van der Waals surface area contributed by atoms with Gasteiger partial charge in [0.05, 0.1) is 6.61 Å². The highest BCUT2D eigenvalue weighted by molar-refractivity contribution is 6.01. The molecule has 0 saturated heterocycles. The molecule has 4 nitrogen and oxygen atoms in total. The van der Waals surface area contributed by atoms with Crippen LogP contribution in [0.3, 0.4) is 0 Å². The Kier molecular flexibility index (Phi) is 5.16. The molecule has 112 valence electrons. The summed E-state index contributed by atoms with van der Waals surface area (Å²) in [5.74, 6) is -0.643. The molecule has 0 amide bonds. The molecule has 0 saturated carbocycles. The maximum absolute atomic E-state index is 11.1. The Morgan fingerprint density at radius 2 is 2.09 bits per heavy atom. The summed E-state index contributed by atoms with van der Waals surface area (Å²) in [6.07, 6.45) is 3.31. The number of aliphatic carboxylic acids is 1. The third kappa shape index (κ3) is 3.44. The molecule has 0 fully saturated rings. The van der Waals surface area contributed by atoms with E-state index < -0.39 is 5.97 Å². The van der Waals surface area contributed by atoms with Crippen molar-refractivity contribution in [3.05, 3.63) is 47.5 Å². The van der Waals surface area contributed by atoms with Crippen LogP contribution in [0, 0.1) is 11.3 Å². The third-order valence-corrected chi connectivity index (χ3v) is 3.33. The molecular formula is C18H17NO3. The van der Waals surface area contributed by atoms with Crippen molar-refractivity contribution in [3.8, 4) is 11.8 Å². The summed E-state index contributed by atoms with van der Waals surface area (Å²) in [5.41, 5.74) is 0.324. The minimum Gasteiger partial charge on any atom is -0.493 e. The highest BCUT2D eigenvalue weighted by Gasteiger charge is 2.12. The molecule has 0 heterocycles. The zero-order valence-electron chi connectivity index (χ0n) is 12.4. The van der Waals surface area contributed by atoms with Gasteiger partial charge in [-0.05, 0) is 29.3 Å². The summed E-state index contributed by atoms with van der Waals surface area (Å²) in [5, 5.41) is 19.9. The van der Waals surface area contributed by atoms with Gasteiger partial charge in [-0.15, -0.1) is 0 Å². The van der Waals surface area contributed by atoms with Gasteiger partial charge in [0.1, 0.15) is 17.4 Å². The summed E-state index contributed by atoms with van der Waals surface area (Å²) in [6, 6.07) is 13.1. The van der Waals surface area contributed by atoms with Crippen LogP contribution >= 0.6 is 0 Å². The van der Waals surface area contributed by atoms with E-state index in [1.165, 1.54) is 6.08 Å². The second kappa shape index (κ2) is 7.28. The van der Waals surface area contributed by atoms with E-state index in [-0.39, 0.29) is 5.57 Å². The number of carboxylic acid groups (broad SMARTS) is 1. The Hall–Kier alpha value is -2.80.